The molecule has 2 aliphatic carbocycles. The van der Waals surface area contributed by atoms with Crippen LogP contribution in [-0.4, -0.2) is 23.4 Å². The van der Waals surface area contributed by atoms with Crippen LogP contribution < -0.4 is 0 Å². The van der Waals surface area contributed by atoms with Crippen LogP contribution in [0.5, 0.6) is 0 Å². The van der Waals surface area contributed by atoms with E-state index in [1.54, 1.807) is 0 Å². The second-order valence-corrected chi connectivity index (χ2v) is 7.10. The molecule has 0 aliphatic heterocycles. The second kappa shape index (κ2) is 4.55. The van der Waals surface area contributed by atoms with Crippen molar-refractivity contribution in [2.75, 3.05) is 0 Å². The Morgan fingerprint density at radius 2 is 1.76 bits per heavy atom. The zero-order chi connectivity index (χ0) is 12.7. The van der Waals surface area contributed by atoms with Crippen LogP contribution in [-0.2, 0) is 4.74 Å². The maximum absolute atomic E-state index is 9.87. The van der Waals surface area contributed by atoms with Crippen LogP contribution in [0, 0.1) is 10.8 Å². The van der Waals surface area contributed by atoms with E-state index in [2.05, 4.69) is 27.7 Å². The van der Waals surface area contributed by atoms with Gasteiger partial charge >= 0.3 is 0 Å². The third kappa shape index (κ3) is 2.53. The molecule has 0 amide bonds. The predicted octanol–water partition coefficient (Wildman–Crippen LogP) is 3.52. The van der Waals surface area contributed by atoms with E-state index in [0.717, 1.165) is 12.8 Å². The minimum atomic E-state index is -0.155. The van der Waals surface area contributed by atoms with Gasteiger partial charge in [-0.25, -0.2) is 0 Å². The summed E-state index contributed by atoms with van der Waals surface area (Å²) in [6.45, 7) is 9.03. The molecular formula is C15H28O2. The summed E-state index contributed by atoms with van der Waals surface area (Å²) in [6.07, 6.45) is 7.35. The van der Waals surface area contributed by atoms with E-state index >= 15 is 0 Å². The summed E-state index contributed by atoms with van der Waals surface area (Å²) in [5, 5.41) is 9.87. The minimum absolute atomic E-state index is 0.00691. The first-order chi connectivity index (χ1) is 7.87. The molecule has 3 atom stereocenters. The Labute approximate surface area is 106 Å². The van der Waals surface area contributed by atoms with E-state index in [0.29, 0.717) is 11.5 Å². The van der Waals surface area contributed by atoms with Gasteiger partial charge in [-0.2, -0.15) is 0 Å². The van der Waals surface area contributed by atoms with Gasteiger partial charge in [0.2, 0.25) is 0 Å². The first-order valence-electron chi connectivity index (χ1n) is 7.21. The van der Waals surface area contributed by atoms with Crippen molar-refractivity contribution in [1.82, 2.24) is 0 Å². The molecule has 0 spiro atoms. The summed E-state index contributed by atoms with van der Waals surface area (Å²) in [6, 6.07) is 0. The fourth-order valence-electron chi connectivity index (χ4n) is 3.21. The third-order valence-electron chi connectivity index (χ3n) is 5.34. The van der Waals surface area contributed by atoms with Gasteiger partial charge in [0.25, 0.3) is 0 Å². The number of hydrogen-bond acceptors (Lipinski definition) is 2. The molecule has 0 heterocycles. The molecule has 2 rings (SSSR count). The van der Waals surface area contributed by atoms with Gasteiger partial charge in [0, 0.05) is 11.8 Å². The molecule has 2 nitrogen and oxygen atoms in total. The maximum atomic E-state index is 9.87. The van der Waals surface area contributed by atoms with Gasteiger partial charge < -0.3 is 9.84 Å². The van der Waals surface area contributed by atoms with E-state index in [9.17, 15) is 5.11 Å². The molecule has 100 valence electrons. The van der Waals surface area contributed by atoms with Crippen LogP contribution in [0.2, 0.25) is 0 Å². The third-order valence-corrected chi connectivity index (χ3v) is 5.34. The van der Waals surface area contributed by atoms with Gasteiger partial charge in [0.05, 0.1) is 18.3 Å². The van der Waals surface area contributed by atoms with Crippen LogP contribution in [0.15, 0.2) is 0 Å². The van der Waals surface area contributed by atoms with Crippen molar-refractivity contribution in [3.8, 4) is 0 Å². The number of ether oxygens (including phenoxy) is 1. The average molecular weight is 240 g/mol. The maximum Gasteiger partial charge on any atom is 0.0681 e. The van der Waals surface area contributed by atoms with Crippen LogP contribution >= 0.6 is 0 Å². The molecule has 0 aromatic rings. The number of aliphatic hydroxyl groups excluding tert-OH is 1. The standard InChI is InChI=1S/C15H28O2/c1-5-15(4)12(16)10-13(15)17-11-6-8-14(2,3)9-7-11/h11-13,16H,5-10H2,1-4H3. The molecule has 2 saturated carbocycles. The van der Waals surface area contributed by atoms with E-state index in [-0.39, 0.29) is 17.6 Å². The zero-order valence-corrected chi connectivity index (χ0v) is 11.8. The molecule has 2 heteroatoms. The Hall–Kier alpha value is -0.0800. The topological polar surface area (TPSA) is 29.5 Å². The Morgan fingerprint density at radius 1 is 1.18 bits per heavy atom. The van der Waals surface area contributed by atoms with Crippen molar-refractivity contribution in [2.24, 2.45) is 10.8 Å². The van der Waals surface area contributed by atoms with Crippen molar-refractivity contribution in [3.05, 3.63) is 0 Å². The lowest BCUT2D eigenvalue weighted by Gasteiger charge is -2.52. The van der Waals surface area contributed by atoms with Gasteiger partial charge in [-0.15, -0.1) is 0 Å². The van der Waals surface area contributed by atoms with Crippen molar-refractivity contribution >= 4 is 0 Å². The highest BCUT2D eigenvalue weighted by Gasteiger charge is 2.51. The van der Waals surface area contributed by atoms with Crippen LogP contribution in [0.25, 0.3) is 0 Å². The van der Waals surface area contributed by atoms with E-state index in [1.165, 1.54) is 25.7 Å². The molecule has 0 bridgehead atoms. The van der Waals surface area contributed by atoms with Crippen molar-refractivity contribution in [3.63, 3.8) is 0 Å². The molecule has 0 aromatic carbocycles. The van der Waals surface area contributed by atoms with Gasteiger partial charge in [-0.05, 0) is 37.5 Å². The molecule has 0 radical (unpaired) electrons. The molecule has 2 fully saturated rings. The van der Waals surface area contributed by atoms with E-state index in [1.807, 2.05) is 0 Å². The lowest BCUT2D eigenvalue weighted by Crippen LogP contribution is -2.57. The largest absolute Gasteiger partial charge is 0.392 e. The van der Waals surface area contributed by atoms with Gasteiger partial charge in [0.1, 0.15) is 0 Å². The summed E-state index contributed by atoms with van der Waals surface area (Å²) in [4.78, 5) is 0. The fourth-order valence-corrected chi connectivity index (χ4v) is 3.21. The molecule has 17 heavy (non-hydrogen) atoms. The Morgan fingerprint density at radius 3 is 2.24 bits per heavy atom. The van der Waals surface area contributed by atoms with Crippen molar-refractivity contribution < 1.29 is 9.84 Å². The first-order valence-corrected chi connectivity index (χ1v) is 7.21. The van der Waals surface area contributed by atoms with Crippen molar-refractivity contribution in [1.29, 1.82) is 0 Å². The molecular weight excluding hydrogens is 212 g/mol. The normalized spacial score (nSPS) is 42.2. The summed E-state index contributed by atoms with van der Waals surface area (Å²) in [5.74, 6) is 0. The zero-order valence-electron chi connectivity index (χ0n) is 11.8. The van der Waals surface area contributed by atoms with Gasteiger partial charge in [0.15, 0.2) is 0 Å². The van der Waals surface area contributed by atoms with Crippen LogP contribution in [0.1, 0.15) is 66.2 Å². The monoisotopic (exact) mass is 240 g/mol. The molecule has 0 aromatic heterocycles. The smallest absolute Gasteiger partial charge is 0.0681 e. The Balaban J connectivity index is 1.83. The van der Waals surface area contributed by atoms with Crippen molar-refractivity contribution in [2.45, 2.75) is 84.5 Å². The highest BCUT2D eigenvalue weighted by molar-refractivity contribution is 5.01. The lowest BCUT2D eigenvalue weighted by molar-refractivity contribution is -0.210. The highest BCUT2D eigenvalue weighted by Crippen LogP contribution is 2.47. The van der Waals surface area contributed by atoms with Gasteiger partial charge in [-0.1, -0.05) is 27.7 Å². The number of hydrogen-bond donors (Lipinski definition) is 1. The summed E-state index contributed by atoms with van der Waals surface area (Å²) >= 11 is 0. The first kappa shape index (κ1) is 13.4. The highest BCUT2D eigenvalue weighted by atomic mass is 16.5. The fraction of sp³-hybridized carbons (Fsp3) is 1.00. The Bertz CT molecular complexity index is 264. The summed E-state index contributed by atoms with van der Waals surface area (Å²) < 4.78 is 6.24. The Kier molecular flexibility index (Phi) is 3.57. The van der Waals surface area contributed by atoms with Gasteiger partial charge in [-0.3, -0.25) is 0 Å². The summed E-state index contributed by atoms with van der Waals surface area (Å²) in [7, 11) is 0. The molecule has 2 aliphatic rings. The number of rotatable bonds is 3. The minimum Gasteiger partial charge on any atom is -0.392 e. The molecule has 1 N–H and O–H groups in total. The quantitative estimate of drug-likeness (QED) is 0.818. The average Bonchev–Trinajstić information content (AvgIpc) is 2.30. The van der Waals surface area contributed by atoms with E-state index in [4.69, 9.17) is 4.74 Å². The van der Waals surface area contributed by atoms with Crippen LogP contribution in [0.4, 0.5) is 0 Å². The van der Waals surface area contributed by atoms with Crippen LogP contribution in [0.3, 0.4) is 0 Å². The molecule has 3 unspecified atom stereocenters. The second-order valence-electron chi connectivity index (χ2n) is 7.10. The number of aliphatic hydroxyl groups is 1. The van der Waals surface area contributed by atoms with E-state index < -0.39 is 0 Å². The SMILES string of the molecule is CCC1(C)C(O)CC1OC1CCC(C)(C)CC1. The summed E-state index contributed by atoms with van der Waals surface area (Å²) in [5.41, 5.74) is 0.514. The lowest BCUT2D eigenvalue weighted by atomic mass is 9.63. The molecule has 0 saturated heterocycles. The predicted molar refractivity (Wildman–Crippen MR) is 69.9 cm³/mol.